The second-order valence-electron chi connectivity index (χ2n) is 4.11. The molecule has 0 heterocycles. The molecule has 0 saturated heterocycles. The maximum atomic E-state index is 11.7. The predicted molar refractivity (Wildman–Crippen MR) is 70.9 cm³/mol. The van der Waals surface area contributed by atoms with Crippen molar-refractivity contribution < 1.29 is 19.2 Å². The van der Waals surface area contributed by atoms with E-state index in [4.69, 9.17) is 0 Å². The summed E-state index contributed by atoms with van der Waals surface area (Å²) in [5, 5.41) is 13.6. The van der Waals surface area contributed by atoms with E-state index >= 15 is 0 Å². The van der Waals surface area contributed by atoms with Gasteiger partial charge in [-0.1, -0.05) is 12.1 Å². The van der Waals surface area contributed by atoms with Crippen molar-refractivity contribution in [2.45, 2.75) is 19.4 Å². The number of methoxy groups -OCH3 is 1. The fourth-order valence-corrected chi connectivity index (χ4v) is 1.72. The molecule has 0 aliphatic rings. The standard InChI is InChI=1S/C12H13N3O6/c1-8(16)14(13-18)11(12(17)21-2)7-9-3-5-10(6-4-9)15(19)20/h3-6,11H,7H2,1-2H3/t11-/m0/s1. The number of carbonyl (C=O) groups is 2. The Labute approximate surface area is 119 Å². The summed E-state index contributed by atoms with van der Waals surface area (Å²) in [6.07, 6.45) is -0.0456. The van der Waals surface area contributed by atoms with Gasteiger partial charge < -0.3 is 4.74 Å². The zero-order chi connectivity index (χ0) is 16.0. The molecule has 1 atom stereocenters. The van der Waals surface area contributed by atoms with Crippen molar-refractivity contribution >= 4 is 17.6 Å². The van der Waals surface area contributed by atoms with E-state index in [1.807, 2.05) is 0 Å². The van der Waals surface area contributed by atoms with E-state index in [1.54, 1.807) is 0 Å². The Morgan fingerprint density at radius 3 is 2.33 bits per heavy atom. The Morgan fingerprint density at radius 1 is 1.38 bits per heavy atom. The van der Waals surface area contributed by atoms with Crippen molar-refractivity contribution in [1.29, 1.82) is 0 Å². The van der Waals surface area contributed by atoms with Gasteiger partial charge in [0, 0.05) is 25.5 Å². The fourth-order valence-electron chi connectivity index (χ4n) is 1.72. The molecule has 0 aliphatic carbocycles. The highest BCUT2D eigenvalue weighted by molar-refractivity contribution is 5.83. The maximum absolute atomic E-state index is 11.7. The summed E-state index contributed by atoms with van der Waals surface area (Å²) in [6, 6.07) is 4.16. The van der Waals surface area contributed by atoms with Gasteiger partial charge in [-0.15, -0.1) is 4.91 Å². The minimum Gasteiger partial charge on any atom is -0.467 e. The molecular weight excluding hydrogens is 282 g/mol. The van der Waals surface area contributed by atoms with Crippen molar-refractivity contribution in [2.75, 3.05) is 7.11 Å². The van der Waals surface area contributed by atoms with Crippen LogP contribution < -0.4 is 0 Å². The minimum absolute atomic E-state index is 0.0456. The molecule has 9 heteroatoms. The molecule has 0 saturated carbocycles. The zero-order valence-corrected chi connectivity index (χ0v) is 11.4. The summed E-state index contributed by atoms with van der Waals surface area (Å²) >= 11 is 0. The largest absolute Gasteiger partial charge is 0.467 e. The molecule has 0 aliphatic heterocycles. The number of carbonyl (C=O) groups excluding carboxylic acids is 2. The third-order valence-electron chi connectivity index (χ3n) is 2.76. The Morgan fingerprint density at radius 2 is 1.95 bits per heavy atom. The highest BCUT2D eigenvalue weighted by Gasteiger charge is 2.30. The van der Waals surface area contributed by atoms with Crippen molar-refractivity contribution in [2.24, 2.45) is 5.29 Å². The molecule has 1 amide bonds. The van der Waals surface area contributed by atoms with Gasteiger partial charge in [-0.2, -0.15) is 5.01 Å². The van der Waals surface area contributed by atoms with E-state index in [1.165, 1.54) is 24.3 Å². The number of benzene rings is 1. The molecule has 0 unspecified atom stereocenters. The lowest BCUT2D eigenvalue weighted by atomic mass is 10.1. The van der Waals surface area contributed by atoms with Crippen LogP contribution in [0.25, 0.3) is 0 Å². The smallest absolute Gasteiger partial charge is 0.331 e. The van der Waals surface area contributed by atoms with Gasteiger partial charge in [0.25, 0.3) is 5.69 Å². The van der Waals surface area contributed by atoms with Crippen molar-refractivity contribution in [3.8, 4) is 0 Å². The quantitative estimate of drug-likeness (QED) is 0.337. The van der Waals surface area contributed by atoms with E-state index in [0.717, 1.165) is 14.0 Å². The molecule has 1 rings (SSSR count). The van der Waals surface area contributed by atoms with E-state index in [9.17, 15) is 24.6 Å². The van der Waals surface area contributed by atoms with Crippen LogP contribution >= 0.6 is 0 Å². The van der Waals surface area contributed by atoms with Crippen LogP contribution in [0.4, 0.5) is 5.69 Å². The molecule has 0 aromatic heterocycles. The zero-order valence-electron chi connectivity index (χ0n) is 11.4. The number of nitroso groups, excluding NO2 is 1. The van der Waals surface area contributed by atoms with Crippen LogP contribution in [0.1, 0.15) is 12.5 Å². The normalized spacial score (nSPS) is 11.3. The maximum Gasteiger partial charge on any atom is 0.331 e. The van der Waals surface area contributed by atoms with Gasteiger partial charge in [-0.3, -0.25) is 14.9 Å². The van der Waals surface area contributed by atoms with Crippen LogP contribution in [0.2, 0.25) is 0 Å². The first-order valence-corrected chi connectivity index (χ1v) is 5.85. The average Bonchev–Trinajstić information content (AvgIpc) is 2.46. The second kappa shape index (κ2) is 7.08. The van der Waals surface area contributed by atoms with Crippen LogP contribution in [-0.2, 0) is 20.7 Å². The van der Waals surface area contributed by atoms with Crippen molar-refractivity contribution in [3.05, 3.63) is 44.9 Å². The number of hydrogen-bond acceptors (Lipinski definition) is 7. The van der Waals surface area contributed by atoms with Gasteiger partial charge in [0.05, 0.1) is 17.3 Å². The molecule has 9 nitrogen and oxygen atoms in total. The van der Waals surface area contributed by atoms with Gasteiger partial charge in [-0.05, 0) is 5.56 Å². The summed E-state index contributed by atoms with van der Waals surface area (Å²) in [7, 11) is 1.12. The van der Waals surface area contributed by atoms with E-state index < -0.39 is 22.8 Å². The summed E-state index contributed by atoms with van der Waals surface area (Å²) in [6.45, 7) is 1.09. The monoisotopic (exact) mass is 295 g/mol. The Hall–Kier alpha value is -2.84. The van der Waals surface area contributed by atoms with Crippen LogP contribution in [0.5, 0.6) is 0 Å². The highest BCUT2D eigenvalue weighted by atomic mass is 16.6. The molecule has 0 spiro atoms. The third-order valence-corrected chi connectivity index (χ3v) is 2.76. The van der Waals surface area contributed by atoms with E-state index in [-0.39, 0.29) is 12.1 Å². The number of amides is 1. The lowest BCUT2D eigenvalue weighted by Gasteiger charge is -2.21. The van der Waals surface area contributed by atoms with Gasteiger partial charge in [0.1, 0.15) is 0 Å². The van der Waals surface area contributed by atoms with Gasteiger partial charge in [-0.25, -0.2) is 4.79 Å². The first-order chi connectivity index (χ1) is 9.90. The van der Waals surface area contributed by atoms with Crippen LogP contribution in [0, 0.1) is 15.0 Å². The number of rotatable bonds is 6. The Bertz CT molecular complexity index is 557. The third kappa shape index (κ3) is 4.06. The number of esters is 1. The summed E-state index contributed by atoms with van der Waals surface area (Å²) in [5.74, 6) is -1.51. The summed E-state index contributed by atoms with van der Waals surface area (Å²) in [5.41, 5.74) is 0.413. The number of hydrogen-bond donors (Lipinski definition) is 0. The molecule has 112 valence electrons. The number of ether oxygens (including phenoxy) is 1. The van der Waals surface area contributed by atoms with Crippen LogP contribution in [0.15, 0.2) is 29.6 Å². The van der Waals surface area contributed by atoms with E-state index in [0.29, 0.717) is 10.6 Å². The number of nitro benzene ring substituents is 1. The SMILES string of the molecule is COC(=O)[C@H](Cc1ccc([N+](=O)[O-])cc1)N(N=O)C(C)=O. The molecule has 1 aromatic carbocycles. The van der Waals surface area contributed by atoms with Gasteiger partial charge in [0.15, 0.2) is 6.04 Å². The molecule has 21 heavy (non-hydrogen) atoms. The second-order valence-corrected chi connectivity index (χ2v) is 4.11. The summed E-state index contributed by atoms with van der Waals surface area (Å²) < 4.78 is 4.54. The minimum atomic E-state index is -1.22. The molecule has 0 radical (unpaired) electrons. The molecule has 0 bridgehead atoms. The van der Waals surface area contributed by atoms with Crippen molar-refractivity contribution in [1.82, 2.24) is 5.01 Å². The summed E-state index contributed by atoms with van der Waals surface area (Å²) in [4.78, 5) is 43.7. The first-order valence-electron chi connectivity index (χ1n) is 5.85. The molecule has 0 fully saturated rings. The molecule has 1 aromatic rings. The Balaban J connectivity index is 3.00. The van der Waals surface area contributed by atoms with Gasteiger partial charge >= 0.3 is 5.97 Å². The van der Waals surface area contributed by atoms with Crippen LogP contribution in [0.3, 0.4) is 0 Å². The number of nitro groups is 1. The topological polar surface area (TPSA) is 119 Å². The molecule has 0 N–H and O–H groups in total. The fraction of sp³-hybridized carbons (Fsp3) is 0.333. The first kappa shape index (κ1) is 16.2. The van der Waals surface area contributed by atoms with E-state index in [2.05, 4.69) is 10.0 Å². The van der Waals surface area contributed by atoms with Gasteiger partial charge in [0.2, 0.25) is 5.91 Å². The predicted octanol–water partition coefficient (Wildman–Crippen LogP) is 1.21. The number of nitrogens with zero attached hydrogens (tertiary/aromatic N) is 3. The highest BCUT2D eigenvalue weighted by Crippen LogP contribution is 2.16. The lowest BCUT2D eigenvalue weighted by Crippen LogP contribution is -2.42. The Kier molecular flexibility index (Phi) is 5.47. The molecular formula is C12H13N3O6. The van der Waals surface area contributed by atoms with Crippen molar-refractivity contribution in [3.63, 3.8) is 0 Å². The lowest BCUT2D eigenvalue weighted by molar-refractivity contribution is -0.384. The van der Waals surface area contributed by atoms with Crippen LogP contribution in [-0.4, -0.2) is 35.0 Å². The number of non-ortho nitro benzene ring substituents is 1. The average molecular weight is 295 g/mol.